The molecular weight excluding hydrogens is 437 g/mol. The molecule has 0 atom stereocenters. The van der Waals surface area contributed by atoms with E-state index in [0.717, 1.165) is 22.0 Å². The van der Waals surface area contributed by atoms with Gasteiger partial charge in [-0.2, -0.15) is 0 Å². The Labute approximate surface area is 198 Å². The summed E-state index contributed by atoms with van der Waals surface area (Å²) in [7, 11) is 0. The fourth-order valence-electron chi connectivity index (χ4n) is 3.84. The first kappa shape index (κ1) is 23.0. The standard InChI is InChI=1S/C27H27ClFN3O/c1-27(2,3)21-7-4-19(5-8-21)17-32(15-12-18-6-9-23(29)22(28)16-18)26(33)25-24-20(10-13-30-24)11-14-31-25/h4-11,13-14,16,30H,12,15,17H2,1-3H3. The Bertz CT molecular complexity index is 1270. The van der Waals surface area contributed by atoms with Gasteiger partial charge in [0.2, 0.25) is 0 Å². The first-order valence-corrected chi connectivity index (χ1v) is 11.3. The number of rotatable bonds is 6. The van der Waals surface area contributed by atoms with Crippen LogP contribution in [0.2, 0.25) is 5.02 Å². The lowest BCUT2D eigenvalue weighted by atomic mass is 9.87. The highest BCUT2D eigenvalue weighted by molar-refractivity contribution is 6.30. The molecule has 4 aromatic rings. The molecule has 0 radical (unpaired) electrons. The maximum absolute atomic E-state index is 13.6. The first-order chi connectivity index (χ1) is 15.7. The summed E-state index contributed by atoms with van der Waals surface area (Å²) >= 11 is 5.95. The number of benzene rings is 2. The Balaban J connectivity index is 1.61. The molecule has 0 fully saturated rings. The molecule has 2 aromatic carbocycles. The quantitative estimate of drug-likeness (QED) is 0.353. The van der Waals surface area contributed by atoms with Gasteiger partial charge in [0.25, 0.3) is 5.91 Å². The first-order valence-electron chi connectivity index (χ1n) is 11.0. The maximum atomic E-state index is 13.6. The third kappa shape index (κ3) is 5.25. The minimum absolute atomic E-state index is 0.0586. The van der Waals surface area contributed by atoms with Gasteiger partial charge in [0.05, 0.1) is 10.5 Å². The largest absolute Gasteiger partial charge is 0.359 e. The van der Waals surface area contributed by atoms with Crippen LogP contribution in [0.3, 0.4) is 0 Å². The molecule has 0 unspecified atom stereocenters. The van der Waals surface area contributed by atoms with E-state index in [4.69, 9.17) is 11.6 Å². The average Bonchev–Trinajstić information content (AvgIpc) is 3.27. The van der Waals surface area contributed by atoms with Gasteiger partial charge in [-0.1, -0.05) is 62.7 Å². The predicted molar refractivity (Wildman–Crippen MR) is 131 cm³/mol. The molecule has 1 amide bonds. The molecule has 0 saturated carbocycles. The topological polar surface area (TPSA) is 49.0 Å². The molecule has 33 heavy (non-hydrogen) atoms. The van der Waals surface area contributed by atoms with Crippen LogP contribution in [0, 0.1) is 5.82 Å². The number of carbonyl (C=O) groups excluding carboxylic acids is 1. The van der Waals surface area contributed by atoms with Gasteiger partial charge in [0, 0.05) is 30.9 Å². The van der Waals surface area contributed by atoms with Crippen molar-refractivity contribution in [3.63, 3.8) is 0 Å². The second-order valence-electron chi connectivity index (χ2n) is 9.27. The van der Waals surface area contributed by atoms with Crippen LogP contribution in [-0.4, -0.2) is 27.3 Å². The number of fused-ring (bicyclic) bond motifs is 1. The van der Waals surface area contributed by atoms with Crippen LogP contribution in [0.25, 0.3) is 10.9 Å². The summed E-state index contributed by atoms with van der Waals surface area (Å²) in [6.07, 6.45) is 4.01. The van der Waals surface area contributed by atoms with Gasteiger partial charge >= 0.3 is 0 Å². The molecular formula is C27H27ClFN3O. The molecule has 0 bridgehead atoms. The van der Waals surface area contributed by atoms with E-state index < -0.39 is 5.82 Å². The third-order valence-corrected chi connectivity index (χ3v) is 6.10. The van der Waals surface area contributed by atoms with Gasteiger partial charge in [0.1, 0.15) is 5.82 Å². The normalized spacial score (nSPS) is 11.7. The van der Waals surface area contributed by atoms with Gasteiger partial charge in [-0.05, 0) is 52.8 Å². The zero-order valence-electron chi connectivity index (χ0n) is 19.0. The Morgan fingerprint density at radius 2 is 1.79 bits per heavy atom. The molecule has 4 rings (SSSR count). The number of pyridine rings is 1. The third-order valence-electron chi connectivity index (χ3n) is 5.81. The van der Waals surface area contributed by atoms with Crippen molar-refractivity contribution < 1.29 is 9.18 Å². The molecule has 170 valence electrons. The Kier molecular flexibility index (Phi) is 6.52. The molecule has 0 aliphatic rings. The van der Waals surface area contributed by atoms with E-state index in [-0.39, 0.29) is 16.3 Å². The van der Waals surface area contributed by atoms with Crippen LogP contribution in [-0.2, 0) is 18.4 Å². The fourth-order valence-corrected chi connectivity index (χ4v) is 4.04. The second kappa shape index (κ2) is 9.36. The summed E-state index contributed by atoms with van der Waals surface area (Å²) in [4.78, 5) is 22.9. The highest BCUT2D eigenvalue weighted by Crippen LogP contribution is 2.24. The van der Waals surface area contributed by atoms with Crippen LogP contribution in [0.15, 0.2) is 67.0 Å². The highest BCUT2D eigenvalue weighted by Gasteiger charge is 2.21. The molecule has 0 saturated heterocycles. The summed E-state index contributed by atoms with van der Waals surface area (Å²) in [5.41, 5.74) is 4.31. The number of hydrogen-bond donors (Lipinski definition) is 1. The number of nitrogens with zero attached hydrogens (tertiary/aromatic N) is 2. The lowest BCUT2D eigenvalue weighted by molar-refractivity contribution is 0.0741. The van der Waals surface area contributed by atoms with Gasteiger partial charge in [-0.25, -0.2) is 9.37 Å². The number of aromatic amines is 1. The van der Waals surface area contributed by atoms with Crippen LogP contribution in [0.4, 0.5) is 4.39 Å². The maximum Gasteiger partial charge on any atom is 0.274 e. The van der Waals surface area contributed by atoms with Crippen molar-refractivity contribution in [2.75, 3.05) is 6.54 Å². The molecule has 6 heteroatoms. The molecule has 1 N–H and O–H groups in total. The molecule has 2 aromatic heterocycles. The van der Waals surface area contributed by atoms with Crippen molar-refractivity contribution in [1.82, 2.24) is 14.9 Å². The Morgan fingerprint density at radius 1 is 1.06 bits per heavy atom. The zero-order chi connectivity index (χ0) is 23.6. The van der Waals surface area contributed by atoms with Crippen LogP contribution in [0.5, 0.6) is 0 Å². The summed E-state index contributed by atoms with van der Waals surface area (Å²) in [5.74, 6) is -0.605. The van der Waals surface area contributed by atoms with E-state index in [1.807, 2.05) is 12.1 Å². The fraction of sp³-hybridized carbons (Fsp3) is 0.259. The van der Waals surface area contributed by atoms with Crippen LogP contribution >= 0.6 is 11.6 Å². The molecule has 4 nitrogen and oxygen atoms in total. The lowest BCUT2D eigenvalue weighted by Gasteiger charge is -2.24. The summed E-state index contributed by atoms with van der Waals surface area (Å²) in [6.45, 7) is 7.41. The highest BCUT2D eigenvalue weighted by atomic mass is 35.5. The van der Waals surface area contributed by atoms with Crippen molar-refractivity contribution in [1.29, 1.82) is 0 Å². The Hall–Kier alpha value is -3.18. The number of halogens is 2. The van der Waals surface area contributed by atoms with Gasteiger partial charge in [-0.15, -0.1) is 0 Å². The predicted octanol–water partition coefficient (Wildman–Crippen LogP) is 6.54. The number of carbonyl (C=O) groups is 1. The minimum atomic E-state index is -0.449. The van der Waals surface area contributed by atoms with Gasteiger partial charge < -0.3 is 9.88 Å². The molecule has 2 heterocycles. The van der Waals surface area contributed by atoms with E-state index in [1.54, 1.807) is 29.4 Å². The number of H-pyrrole nitrogens is 1. The number of aromatic nitrogens is 2. The zero-order valence-corrected chi connectivity index (χ0v) is 19.8. The Morgan fingerprint density at radius 3 is 2.48 bits per heavy atom. The number of hydrogen-bond acceptors (Lipinski definition) is 2. The lowest BCUT2D eigenvalue weighted by Crippen LogP contribution is -2.33. The monoisotopic (exact) mass is 463 g/mol. The van der Waals surface area contributed by atoms with Gasteiger partial charge in [-0.3, -0.25) is 4.79 Å². The van der Waals surface area contributed by atoms with E-state index in [9.17, 15) is 9.18 Å². The smallest absolute Gasteiger partial charge is 0.274 e. The minimum Gasteiger partial charge on any atom is -0.359 e. The van der Waals surface area contributed by atoms with Crippen molar-refractivity contribution in [3.05, 3.63) is 100 Å². The van der Waals surface area contributed by atoms with E-state index >= 15 is 0 Å². The van der Waals surface area contributed by atoms with Crippen LogP contribution < -0.4 is 0 Å². The van der Waals surface area contributed by atoms with E-state index in [1.165, 1.54) is 11.6 Å². The summed E-state index contributed by atoms with van der Waals surface area (Å²) in [5, 5.41) is 1.02. The number of amides is 1. The average molecular weight is 464 g/mol. The van der Waals surface area contributed by atoms with Crippen molar-refractivity contribution in [3.8, 4) is 0 Å². The van der Waals surface area contributed by atoms with E-state index in [2.05, 4.69) is 55.0 Å². The molecule has 0 spiro atoms. The van der Waals surface area contributed by atoms with Crippen LogP contribution in [0.1, 0.15) is 48.0 Å². The number of nitrogens with one attached hydrogen (secondary N) is 1. The molecule has 0 aliphatic heterocycles. The van der Waals surface area contributed by atoms with Crippen molar-refractivity contribution >= 4 is 28.4 Å². The van der Waals surface area contributed by atoms with Crippen molar-refractivity contribution in [2.24, 2.45) is 0 Å². The SMILES string of the molecule is CC(C)(C)c1ccc(CN(CCc2ccc(F)c(Cl)c2)C(=O)c2nccc3cc[nH]c23)cc1. The van der Waals surface area contributed by atoms with Crippen molar-refractivity contribution in [2.45, 2.75) is 39.2 Å². The summed E-state index contributed by atoms with van der Waals surface area (Å²) < 4.78 is 13.6. The van der Waals surface area contributed by atoms with E-state index in [0.29, 0.717) is 25.2 Å². The summed E-state index contributed by atoms with van der Waals surface area (Å²) in [6, 6.07) is 16.8. The molecule has 0 aliphatic carbocycles. The second-order valence-corrected chi connectivity index (χ2v) is 9.68. The van der Waals surface area contributed by atoms with Gasteiger partial charge in [0.15, 0.2) is 5.69 Å².